The number of benzene rings is 2. The van der Waals surface area contributed by atoms with Crippen molar-refractivity contribution >= 4 is 33.0 Å². The number of hydrogen-bond donors (Lipinski definition) is 1. The molecule has 0 aliphatic carbocycles. The number of sulfone groups is 1. The van der Waals surface area contributed by atoms with E-state index in [-0.39, 0.29) is 23.1 Å². The lowest BCUT2D eigenvalue weighted by atomic mass is 10.1. The summed E-state index contributed by atoms with van der Waals surface area (Å²) in [5.41, 5.74) is 2.54. The molecule has 0 aromatic heterocycles. The van der Waals surface area contributed by atoms with Crippen molar-refractivity contribution in [2.75, 3.05) is 23.0 Å². The van der Waals surface area contributed by atoms with Crippen molar-refractivity contribution in [3.05, 3.63) is 54.1 Å². The molecule has 1 fully saturated rings. The number of amides is 2. The summed E-state index contributed by atoms with van der Waals surface area (Å²) in [7, 11) is -3.28. The van der Waals surface area contributed by atoms with Crippen LogP contribution in [-0.2, 0) is 25.8 Å². The number of aryl methyl sites for hydroxylation is 1. The highest BCUT2D eigenvalue weighted by atomic mass is 32.2. The predicted molar refractivity (Wildman–Crippen MR) is 109 cm³/mol. The topological polar surface area (TPSA) is 83.6 Å². The molecule has 1 aliphatic rings. The zero-order valence-corrected chi connectivity index (χ0v) is 16.8. The number of hydrogen-bond acceptors (Lipinski definition) is 4. The summed E-state index contributed by atoms with van der Waals surface area (Å²) in [5, 5.41) is 2.77. The van der Waals surface area contributed by atoms with E-state index in [1.807, 2.05) is 24.3 Å². The van der Waals surface area contributed by atoms with E-state index in [1.54, 1.807) is 17.0 Å². The average molecular weight is 401 g/mol. The summed E-state index contributed by atoms with van der Waals surface area (Å²) in [6.45, 7) is 2.45. The van der Waals surface area contributed by atoms with Gasteiger partial charge in [-0.15, -0.1) is 0 Å². The first-order chi connectivity index (χ1) is 13.3. The molecule has 28 heavy (non-hydrogen) atoms. The fourth-order valence-electron chi connectivity index (χ4n) is 3.29. The molecule has 2 aromatic rings. The molecule has 3 rings (SSSR count). The van der Waals surface area contributed by atoms with Crippen molar-refractivity contribution in [3.8, 4) is 0 Å². The lowest BCUT2D eigenvalue weighted by Crippen LogP contribution is -2.28. The van der Waals surface area contributed by atoms with Gasteiger partial charge in [0.2, 0.25) is 11.8 Å². The third kappa shape index (κ3) is 4.59. The molecule has 1 N–H and O–H groups in total. The Morgan fingerprint density at radius 3 is 2.32 bits per heavy atom. The minimum atomic E-state index is -3.28. The molecular formula is C21H24N2O4S. The van der Waals surface area contributed by atoms with Crippen LogP contribution in [0.3, 0.4) is 0 Å². The highest BCUT2D eigenvalue weighted by Crippen LogP contribution is 2.26. The molecule has 1 saturated heterocycles. The summed E-state index contributed by atoms with van der Waals surface area (Å²) in [6, 6.07) is 13.9. The smallest absolute Gasteiger partial charge is 0.229 e. The Balaban J connectivity index is 1.65. The van der Waals surface area contributed by atoms with Crippen molar-refractivity contribution in [2.45, 2.75) is 31.1 Å². The molecule has 1 unspecified atom stereocenters. The molecule has 7 heteroatoms. The van der Waals surface area contributed by atoms with Gasteiger partial charge >= 0.3 is 0 Å². The number of carbonyl (C=O) groups excluding carboxylic acids is 2. The van der Waals surface area contributed by atoms with Gasteiger partial charge in [-0.3, -0.25) is 9.59 Å². The molecule has 2 amide bonds. The maximum atomic E-state index is 12.6. The number of carbonyl (C=O) groups is 2. The average Bonchev–Trinajstić information content (AvgIpc) is 3.04. The summed E-state index contributed by atoms with van der Waals surface area (Å²) in [6.07, 6.45) is 3.35. The Labute approximate surface area is 165 Å². The Kier molecular flexibility index (Phi) is 5.84. The minimum absolute atomic E-state index is 0.0733. The van der Waals surface area contributed by atoms with E-state index in [1.165, 1.54) is 17.7 Å². The minimum Gasteiger partial charge on any atom is -0.326 e. The van der Waals surface area contributed by atoms with Crippen molar-refractivity contribution in [3.63, 3.8) is 0 Å². The molecule has 1 atom stereocenters. The molecule has 0 bridgehead atoms. The van der Waals surface area contributed by atoms with Gasteiger partial charge in [0.15, 0.2) is 9.84 Å². The second-order valence-electron chi connectivity index (χ2n) is 7.11. The SMILES string of the molecule is CCCc1ccc(N2CC(C(=O)Nc3ccc(S(C)(=O)=O)cc3)CC2=O)cc1. The molecule has 1 aliphatic heterocycles. The number of rotatable bonds is 6. The summed E-state index contributed by atoms with van der Waals surface area (Å²) in [4.78, 5) is 26.8. The standard InChI is InChI=1S/C21H24N2O4S/c1-3-4-15-5-9-18(10-6-15)23-14-16(13-20(23)24)21(25)22-17-7-11-19(12-8-17)28(2,26)27/h5-12,16H,3-4,13-14H2,1-2H3,(H,22,25). The van der Waals surface area contributed by atoms with Crippen molar-refractivity contribution in [1.29, 1.82) is 0 Å². The van der Waals surface area contributed by atoms with Crippen LogP contribution in [0.15, 0.2) is 53.4 Å². The number of nitrogens with zero attached hydrogens (tertiary/aromatic N) is 1. The van der Waals surface area contributed by atoms with E-state index in [4.69, 9.17) is 0 Å². The second kappa shape index (κ2) is 8.14. The predicted octanol–water partition coefficient (Wildman–Crippen LogP) is 3.03. The first-order valence-electron chi connectivity index (χ1n) is 9.28. The van der Waals surface area contributed by atoms with E-state index in [2.05, 4.69) is 12.2 Å². The van der Waals surface area contributed by atoms with Gasteiger partial charge in [0.05, 0.1) is 10.8 Å². The van der Waals surface area contributed by atoms with Crippen LogP contribution in [0.2, 0.25) is 0 Å². The van der Waals surface area contributed by atoms with Crippen LogP contribution in [0.1, 0.15) is 25.3 Å². The van der Waals surface area contributed by atoms with E-state index >= 15 is 0 Å². The lowest BCUT2D eigenvalue weighted by molar-refractivity contribution is -0.122. The third-order valence-electron chi connectivity index (χ3n) is 4.83. The van der Waals surface area contributed by atoms with Crippen LogP contribution in [0, 0.1) is 5.92 Å². The quantitative estimate of drug-likeness (QED) is 0.808. The summed E-state index contributed by atoms with van der Waals surface area (Å²) >= 11 is 0. The molecule has 0 radical (unpaired) electrons. The zero-order chi connectivity index (χ0) is 20.3. The van der Waals surface area contributed by atoms with Crippen LogP contribution >= 0.6 is 0 Å². The molecule has 1 heterocycles. The van der Waals surface area contributed by atoms with E-state index in [9.17, 15) is 18.0 Å². The summed E-state index contributed by atoms with van der Waals surface area (Å²) in [5.74, 6) is -0.765. The molecule has 2 aromatic carbocycles. The molecular weight excluding hydrogens is 376 g/mol. The van der Waals surface area contributed by atoms with Crippen molar-refractivity contribution in [2.24, 2.45) is 5.92 Å². The number of nitrogens with one attached hydrogen (secondary N) is 1. The summed E-state index contributed by atoms with van der Waals surface area (Å²) < 4.78 is 23.0. The molecule has 148 valence electrons. The van der Waals surface area contributed by atoms with E-state index < -0.39 is 15.8 Å². The monoisotopic (exact) mass is 400 g/mol. The lowest BCUT2D eigenvalue weighted by Gasteiger charge is -2.17. The highest BCUT2D eigenvalue weighted by Gasteiger charge is 2.35. The van der Waals surface area contributed by atoms with Gasteiger partial charge in [-0.05, 0) is 48.4 Å². The largest absolute Gasteiger partial charge is 0.326 e. The Bertz CT molecular complexity index is 966. The second-order valence-corrected chi connectivity index (χ2v) is 9.12. The van der Waals surface area contributed by atoms with E-state index in [0.29, 0.717) is 12.2 Å². The molecule has 0 saturated carbocycles. The number of anilines is 2. The van der Waals surface area contributed by atoms with Gasteiger partial charge in [-0.1, -0.05) is 25.5 Å². The zero-order valence-electron chi connectivity index (χ0n) is 16.0. The Hall–Kier alpha value is -2.67. The highest BCUT2D eigenvalue weighted by molar-refractivity contribution is 7.90. The van der Waals surface area contributed by atoms with Gasteiger partial charge in [-0.25, -0.2) is 8.42 Å². The third-order valence-corrected chi connectivity index (χ3v) is 5.96. The van der Waals surface area contributed by atoms with E-state index in [0.717, 1.165) is 24.8 Å². The molecule has 0 spiro atoms. The van der Waals surface area contributed by atoms with Crippen molar-refractivity contribution in [1.82, 2.24) is 0 Å². The van der Waals surface area contributed by atoms with Crippen LogP contribution in [0.5, 0.6) is 0 Å². The fourth-order valence-corrected chi connectivity index (χ4v) is 3.92. The van der Waals surface area contributed by atoms with Gasteiger partial charge in [0, 0.05) is 30.6 Å². The first-order valence-corrected chi connectivity index (χ1v) is 11.2. The Morgan fingerprint density at radius 1 is 1.11 bits per heavy atom. The normalized spacial score (nSPS) is 17.0. The Morgan fingerprint density at radius 2 is 1.75 bits per heavy atom. The first kappa shape index (κ1) is 20.1. The fraction of sp³-hybridized carbons (Fsp3) is 0.333. The van der Waals surface area contributed by atoms with Crippen LogP contribution < -0.4 is 10.2 Å². The van der Waals surface area contributed by atoms with Gasteiger partial charge in [0.1, 0.15) is 0 Å². The van der Waals surface area contributed by atoms with Crippen LogP contribution in [0.4, 0.5) is 11.4 Å². The van der Waals surface area contributed by atoms with Crippen LogP contribution in [-0.4, -0.2) is 33.0 Å². The molecule has 6 nitrogen and oxygen atoms in total. The maximum Gasteiger partial charge on any atom is 0.229 e. The van der Waals surface area contributed by atoms with Gasteiger partial charge in [-0.2, -0.15) is 0 Å². The van der Waals surface area contributed by atoms with Crippen molar-refractivity contribution < 1.29 is 18.0 Å². The van der Waals surface area contributed by atoms with Crippen LogP contribution in [0.25, 0.3) is 0 Å². The maximum absolute atomic E-state index is 12.6. The van der Waals surface area contributed by atoms with Gasteiger partial charge < -0.3 is 10.2 Å². The van der Waals surface area contributed by atoms with Gasteiger partial charge in [0.25, 0.3) is 0 Å².